The summed E-state index contributed by atoms with van der Waals surface area (Å²) in [6, 6.07) is 15.9. The number of hydrogen-bond acceptors (Lipinski definition) is 3. The maximum absolute atomic E-state index is 6.02. The van der Waals surface area contributed by atoms with Crippen molar-refractivity contribution in [2.75, 3.05) is 0 Å². The molecule has 3 nitrogen and oxygen atoms in total. The van der Waals surface area contributed by atoms with Crippen LogP contribution >= 0.6 is 24.0 Å². The van der Waals surface area contributed by atoms with E-state index in [1.54, 1.807) is 0 Å². The summed E-state index contributed by atoms with van der Waals surface area (Å²) in [7, 11) is 0. The second-order valence-corrected chi connectivity index (χ2v) is 5.02. The predicted molar refractivity (Wildman–Crippen MR) is 85.7 cm³/mol. The molecule has 0 radical (unpaired) electrons. The summed E-state index contributed by atoms with van der Waals surface area (Å²) in [6.07, 6.45) is 0. The second-order valence-electron chi connectivity index (χ2n) is 4.58. The van der Waals surface area contributed by atoms with Crippen LogP contribution in [0.5, 0.6) is 0 Å². The number of para-hydroxylation sites is 1. The molecule has 20 heavy (non-hydrogen) atoms. The van der Waals surface area contributed by atoms with Crippen LogP contribution in [-0.2, 0) is 13.1 Å². The van der Waals surface area contributed by atoms with Crippen molar-refractivity contribution in [3.8, 4) is 0 Å². The standard InChI is InChI=1S/C15H14ClN3.ClH/c16-13-6-3-4-11(8-13)9-19-10-12-5-1-2-7-14(12)18-15(19)17;/h1-8H,9-10H2,(H2,17,18);1H. The Hall–Kier alpha value is -1.71. The largest absolute Gasteiger partial charge is 0.369 e. The molecule has 1 heterocycles. The number of halogens is 2. The highest BCUT2D eigenvalue weighted by molar-refractivity contribution is 6.30. The van der Waals surface area contributed by atoms with Crippen LogP contribution in [0.2, 0.25) is 5.02 Å². The first kappa shape index (κ1) is 14.7. The molecule has 0 atom stereocenters. The molecule has 2 aromatic carbocycles. The predicted octanol–water partition coefficient (Wildman–Crippen LogP) is 3.72. The van der Waals surface area contributed by atoms with Gasteiger partial charge < -0.3 is 10.6 Å². The van der Waals surface area contributed by atoms with Crippen LogP contribution in [0.4, 0.5) is 5.69 Å². The summed E-state index contributed by atoms with van der Waals surface area (Å²) in [5.74, 6) is 0.554. The Kier molecular flexibility index (Phi) is 4.53. The Morgan fingerprint density at radius 1 is 1.15 bits per heavy atom. The molecular weight excluding hydrogens is 293 g/mol. The third-order valence-corrected chi connectivity index (χ3v) is 3.41. The van der Waals surface area contributed by atoms with E-state index in [-0.39, 0.29) is 12.4 Å². The van der Waals surface area contributed by atoms with E-state index >= 15 is 0 Å². The highest BCUT2D eigenvalue weighted by Gasteiger charge is 2.17. The topological polar surface area (TPSA) is 41.6 Å². The van der Waals surface area contributed by atoms with Gasteiger partial charge in [-0.3, -0.25) is 0 Å². The molecule has 104 valence electrons. The Labute approximate surface area is 129 Å². The van der Waals surface area contributed by atoms with Gasteiger partial charge in [0.2, 0.25) is 0 Å². The first-order valence-corrected chi connectivity index (χ1v) is 6.51. The molecule has 2 aromatic rings. The van der Waals surface area contributed by atoms with E-state index in [2.05, 4.69) is 11.1 Å². The average Bonchev–Trinajstić information content (AvgIpc) is 2.40. The molecule has 5 heteroatoms. The zero-order valence-electron chi connectivity index (χ0n) is 10.8. The number of aliphatic imine (C=N–C) groups is 1. The van der Waals surface area contributed by atoms with Crippen molar-refractivity contribution in [1.82, 2.24) is 4.90 Å². The van der Waals surface area contributed by atoms with Gasteiger partial charge >= 0.3 is 0 Å². The summed E-state index contributed by atoms with van der Waals surface area (Å²) < 4.78 is 0. The van der Waals surface area contributed by atoms with Crippen molar-refractivity contribution in [2.45, 2.75) is 13.1 Å². The van der Waals surface area contributed by atoms with Gasteiger partial charge in [-0.1, -0.05) is 41.9 Å². The lowest BCUT2D eigenvalue weighted by atomic mass is 10.1. The molecule has 0 fully saturated rings. The van der Waals surface area contributed by atoms with Crippen LogP contribution in [0.25, 0.3) is 0 Å². The molecule has 2 N–H and O–H groups in total. The van der Waals surface area contributed by atoms with Crippen LogP contribution in [-0.4, -0.2) is 10.9 Å². The second kappa shape index (κ2) is 6.16. The molecule has 0 bridgehead atoms. The van der Waals surface area contributed by atoms with E-state index in [1.165, 1.54) is 5.56 Å². The van der Waals surface area contributed by atoms with E-state index in [9.17, 15) is 0 Å². The highest BCUT2D eigenvalue weighted by atomic mass is 35.5. The molecular formula is C15H15Cl2N3. The zero-order valence-corrected chi connectivity index (χ0v) is 12.4. The van der Waals surface area contributed by atoms with Crippen molar-refractivity contribution < 1.29 is 0 Å². The summed E-state index contributed by atoms with van der Waals surface area (Å²) in [5.41, 5.74) is 9.31. The van der Waals surface area contributed by atoms with Crippen molar-refractivity contribution in [3.63, 3.8) is 0 Å². The fraction of sp³-hybridized carbons (Fsp3) is 0.133. The van der Waals surface area contributed by atoms with E-state index in [1.807, 2.05) is 47.4 Å². The van der Waals surface area contributed by atoms with Crippen LogP contribution < -0.4 is 5.73 Å². The van der Waals surface area contributed by atoms with Gasteiger partial charge in [0.05, 0.1) is 5.69 Å². The normalized spacial score (nSPS) is 13.2. The highest BCUT2D eigenvalue weighted by Crippen LogP contribution is 2.25. The molecule has 1 aliphatic heterocycles. The van der Waals surface area contributed by atoms with E-state index in [0.717, 1.165) is 22.8 Å². The maximum Gasteiger partial charge on any atom is 0.197 e. The first-order valence-electron chi connectivity index (χ1n) is 6.14. The molecule has 0 saturated carbocycles. The Balaban J connectivity index is 0.00000147. The number of rotatable bonds is 2. The molecule has 1 aliphatic rings. The average molecular weight is 308 g/mol. The van der Waals surface area contributed by atoms with Crippen LogP contribution in [0, 0.1) is 0 Å². The van der Waals surface area contributed by atoms with Crippen molar-refractivity contribution in [2.24, 2.45) is 10.7 Å². The van der Waals surface area contributed by atoms with Crippen molar-refractivity contribution in [1.29, 1.82) is 0 Å². The molecule has 0 unspecified atom stereocenters. The number of nitrogens with two attached hydrogens (primary N) is 1. The molecule has 0 aromatic heterocycles. The third kappa shape index (κ3) is 3.06. The van der Waals surface area contributed by atoms with E-state index in [4.69, 9.17) is 17.3 Å². The third-order valence-electron chi connectivity index (χ3n) is 3.17. The van der Waals surface area contributed by atoms with Crippen molar-refractivity contribution in [3.05, 3.63) is 64.7 Å². The molecule has 0 amide bonds. The summed E-state index contributed by atoms with van der Waals surface area (Å²) in [4.78, 5) is 6.48. The lowest BCUT2D eigenvalue weighted by molar-refractivity contribution is 0.396. The van der Waals surface area contributed by atoms with Gasteiger partial charge in [-0.05, 0) is 29.3 Å². The molecule has 0 aliphatic carbocycles. The lowest BCUT2D eigenvalue weighted by Gasteiger charge is -2.28. The van der Waals surface area contributed by atoms with Gasteiger partial charge in [-0.15, -0.1) is 12.4 Å². The van der Waals surface area contributed by atoms with Crippen LogP contribution in [0.15, 0.2) is 53.5 Å². The van der Waals surface area contributed by atoms with E-state index < -0.39 is 0 Å². The zero-order chi connectivity index (χ0) is 13.2. The van der Waals surface area contributed by atoms with E-state index in [0.29, 0.717) is 12.5 Å². The number of benzene rings is 2. The van der Waals surface area contributed by atoms with Gasteiger partial charge in [0.15, 0.2) is 5.96 Å². The Morgan fingerprint density at radius 3 is 2.75 bits per heavy atom. The fourth-order valence-corrected chi connectivity index (χ4v) is 2.44. The SMILES string of the molecule is Cl.NC1=Nc2ccccc2CN1Cc1cccc(Cl)c1. The van der Waals surface area contributed by atoms with Gasteiger partial charge in [-0.2, -0.15) is 0 Å². The van der Waals surface area contributed by atoms with Crippen LogP contribution in [0.1, 0.15) is 11.1 Å². The van der Waals surface area contributed by atoms with Gasteiger partial charge in [0, 0.05) is 18.1 Å². The summed E-state index contributed by atoms with van der Waals surface area (Å²) in [6.45, 7) is 1.49. The number of nitrogens with zero attached hydrogens (tertiary/aromatic N) is 2. The smallest absolute Gasteiger partial charge is 0.197 e. The minimum absolute atomic E-state index is 0. The Bertz CT molecular complexity index is 641. The Morgan fingerprint density at radius 2 is 1.95 bits per heavy atom. The number of fused-ring (bicyclic) bond motifs is 1. The molecule has 0 saturated heterocycles. The fourth-order valence-electron chi connectivity index (χ4n) is 2.23. The first-order chi connectivity index (χ1) is 9.22. The van der Waals surface area contributed by atoms with Gasteiger partial charge in [-0.25, -0.2) is 4.99 Å². The minimum atomic E-state index is 0. The summed E-state index contributed by atoms with van der Waals surface area (Å²) >= 11 is 6.00. The van der Waals surface area contributed by atoms with Gasteiger partial charge in [0.25, 0.3) is 0 Å². The maximum atomic E-state index is 6.02. The van der Waals surface area contributed by atoms with Crippen molar-refractivity contribution >= 4 is 35.7 Å². The monoisotopic (exact) mass is 307 g/mol. The molecule has 0 spiro atoms. The number of hydrogen-bond donors (Lipinski definition) is 1. The minimum Gasteiger partial charge on any atom is -0.369 e. The molecule has 3 rings (SSSR count). The summed E-state index contributed by atoms with van der Waals surface area (Å²) in [5, 5.41) is 0.741. The van der Waals surface area contributed by atoms with Crippen LogP contribution in [0.3, 0.4) is 0 Å². The quantitative estimate of drug-likeness (QED) is 0.918. The lowest BCUT2D eigenvalue weighted by Crippen LogP contribution is -2.38. The van der Waals surface area contributed by atoms with Gasteiger partial charge in [0.1, 0.15) is 0 Å². The number of guanidine groups is 1.